The largest absolute Gasteiger partial charge is 0.102 e. The van der Waals surface area contributed by atoms with Crippen LogP contribution in [0, 0.1) is 0 Å². The number of rotatable bonds is 3. The first-order valence-corrected chi connectivity index (χ1v) is 4.95. The van der Waals surface area contributed by atoms with Gasteiger partial charge in [0.1, 0.15) is 0 Å². The Bertz CT molecular complexity index is 265. The quantitative estimate of drug-likeness (QED) is 0.678. The molecule has 0 aromatic heterocycles. The van der Waals surface area contributed by atoms with E-state index in [2.05, 4.69) is 47.6 Å². The summed E-state index contributed by atoms with van der Waals surface area (Å²) in [5.41, 5.74) is 1.33. The maximum absolute atomic E-state index is 3.83. The number of halogens is 1. The van der Waals surface area contributed by atoms with Crippen molar-refractivity contribution in [2.75, 3.05) is 0 Å². The first-order valence-electron chi connectivity index (χ1n) is 4.16. The molecule has 1 rings (SSSR count). The first-order chi connectivity index (χ1) is 5.79. The summed E-state index contributed by atoms with van der Waals surface area (Å²) in [6.45, 7) is 6.00. The monoisotopic (exact) mass is 224 g/mol. The summed E-state index contributed by atoms with van der Waals surface area (Å²) in [4.78, 5) is 0. The van der Waals surface area contributed by atoms with Crippen LogP contribution in [0.3, 0.4) is 0 Å². The van der Waals surface area contributed by atoms with Gasteiger partial charge in [-0.25, -0.2) is 0 Å². The molecule has 0 radical (unpaired) electrons. The molecular formula is C11H13Br. The smallest absolute Gasteiger partial charge is 0.0213 e. The molecule has 0 amide bonds. The molecule has 0 heterocycles. The van der Waals surface area contributed by atoms with Crippen molar-refractivity contribution in [1.82, 2.24) is 0 Å². The summed E-state index contributed by atoms with van der Waals surface area (Å²) in [7, 11) is 0. The van der Waals surface area contributed by atoms with Crippen LogP contribution in [-0.4, -0.2) is 0 Å². The third-order valence-electron chi connectivity index (χ3n) is 2.03. The van der Waals surface area contributed by atoms with Crippen molar-refractivity contribution in [1.29, 1.82) is 0 Å². The minimum absolute atomic E-state index is 0.473. The van der Waals surface area contributed by atoms with E-state index in [1.54, 1.807) is 0 Å². The molecule has 0 bridgehead atoms. The third kappa shape index (κ3) is 1.98. The topological polar surface area (TPSA) is 0 Å². The summed E-state index contributed by atoms with van der Waals surface area (Å²) in [6.07, 6.45) is 3.10. The van der Waals surface area contributed by atoms with Crippen molar-refractivity contribution in [2.45, 2.75) is 19.3 Å². The fraction of sp³-hybridized carbons (Fsp3) is 0.273. The van der Waals surface area contributed by atoms with Gasteiger partial charge in [0.15, 0.2) is 0 Å². The van der Waals surface area contributed by atoms with Crippen LogP contribution in [0.15, 0.2) is 41.4 Å². The average Bonchev–Trinajstić information content (AvgIpc) is 2.10. The highest BCUT2D eigenvalue weighted by Crippen LogP contribution is 2.27. The molecule has 12 heavy (non-hydrogen) atoms. The molecule has 1 aromatic rings. The maximum atomic E-state index is 3.83. The Morgan fingerprint density at radius 3 is 2.67 bits per heavy atom. The zero-order chi connectivity index (χ0) is 8.97. The van der Waals surface area contributed by atoms with Crippen LogP contribution >= 0.6 is 15.9 Å². The van der Waals surface area contributed by atoms with Gasteiger partial charge in [-0.15, -0.1) is 6.58 Å². The van der Waals surface area contributed by atoms with Crippen molar-refractivity contribution >= 4 is 15.9 Å². The molecule has 0 saturated carbocycles. The highest BCUT2D eigenvalue weighted by molar-refractivity contribution is 9.10. The van der Waals surface area contributed by atoms with Gasteiger partial charge in [0.05, 0.1) is 0 Å². The molecule has 64 valence electrons. The van der Waals surface area contributed by atoms with Crippen LogP contribution in [0.1, 0.15) is 24.8 Å². The molecule has 0 spiro atoms. The Kier molecular flexibility index (Phi) is 3.54. The lowest BCUT2D eigenvalue weighted by atomic mass is 9.97. The van der Waals surface area contributed by atoms with Crippen molar-refractivity contribution in [2.24, 2.45) is 0 Å². The summed E-state index contributed by atoms with van der Waals surface area (Å²) in [5.74, 6) is 0.473. The van der Waals surface area contributed by atoms with Crippen molar-refractivity contribution < 1.29 is 0 Å². The third-order valence-corrected chi connectivity index (χ3v) is 2.75. The molecule has 0 unspecified atom stereocenters. The van der Waals surface area contributed by atoms with Crippen LogP contribution in [0.4, 0.5) is 0 Å². The molecule has 0 nitrogen and oxygen atoms in total. The molecule has 0 aliphatic carbocycles. The highest BCUT2D eigenvalue weighted by atomic mass is 79.9. The second-order valence-corrected chi connectivity index (χ2v) is 3.63. The Balaban J connectivity index is 3.00. The van der Waals surface area contributed by atoms with Gasteiger partial charge in [-0.1, -0.05) is 47.1 Å². The lowest BCUT2D eigenvalue weighted by molar-refractivity contribution is 0.803. The zero-order valence-corrected chi connectivity index (χ0v) is 8.84. The fourth-order valence-corrected chi connectivity index (χ4v) is 1.87. The minimum Gasteiger partial charge on any atom is -0.102 e. The van der Waals surface area contributed by atoms with Crippen molar-refractivity contribution in [3.05, 3.63) is 47.0 Å². The summed E-state index contributed by atoms with van der Waals surface area (Å²) in [6, 6.07) is 8.30. The summed E-state index contributed by atoms with van der Waals surface area (Å²) >= 11 is 3.53. The molecule has 1 aromatic carbocycles. The van der Waals surface area contributed by atoms with E-state index in [1.807, 2.05) is 12.1 Å². The Morgan fingerprint density at radius 1 is 1.50 bits per heavy atom. The van der Waals surface area contributed by atoms with Gasteiger partial charge in [-0.3, -0.25) is 0 Å². The standard InChI is InChI=1S/C11H13Br/c1-3-9(4-2)10-7-5-6-8-11(10)12/h3,5-9H,1,4H2,2H3/t9-/m1/s1. The van der Waals surface area contributed by atoms with E-state index >= 15 is 0 Å². The summed E-state index contributed by atoms with van der Waals surface area (Å²) in [5, 5.41) is 0. The Labute approximate surface area is 82.4 Å². The average molecular weight is 225 g/mol. The second kappa shape index (κ2) is 4.46. The van der Waals surface area contributed by atoms with Gasteiger partial charge in [-0.05, 0) is 18.1 Å². The highest BCUT2D eigenvalue weighted by Gasteiger charge is 2.06. The van der Waals surface area contributed by atoms with Crippen molar-refractivity contribution in [3.8, 4) is 0 Å². The number of benzene rings is 1. The van der Waals surface area contributed by atoms with E-state index < -0.39 is 0 Å². The van der Waals surface area contributed by atoms with Crippen LogP contribution in [0.5, 0.6) is 0 Å². The van der Waals surface area contributed by atoms with Crippen LogP contribution in [-0.2, 0) is 0 Å². The molecule has 0 fully saturated rings. The van der Waals surface area contributed by atoms with E-state index in [0.717, 1.165) is 6.42 Å². The predicted octanol–water partition coefficient (Wildman–Crippen LogP) is 4.13. The van der Waals surface area contributed by atoms with Crippen LogP contribution < -0.4 is 0 Å². The maximum Gasteiger partial charge on any atom is 0.0213 e. The fourth-order valence-electron chi connectivity index (χ4n) is 1.29. The van der Waals surface area contributed by atoms with E-state index in [-0.39, 0.29) is 0 Å². The molecule has 0 N–H and O–H groups in total. The number of allylic oxidation sites excluding steroid dienone is 1. The van der Waals surface area contributed by atoms with Gasteiger partial charge in [0.2, 0.25) is 0 Å². The van der Waals surface area contributed by atoms with Gasteiger partial charge in [-0.2, -0.15) is 0 Å². The van der Waals surface area contributed by atoms with Crippen LogP contribution in [0.25, 0.3) is 0 Å². The minimum atomic E-state index is 0.473. The van der Waals surface area contributed by atoms with E-state index in [9.17, 15) is 0 Å². The molecular weight excluding hydrogens is 212 g/mol. The van der Waals surface area contributed by atoms with Gasteiger partial charge in [0.25, 0.3) is 0 Å². The van der Waals surface area contributed by atoms with Gasteiger partial charge < -0.3 is 0 Å². The predicted molar refractivity (Wildman–Crippen MR) is 57.4 cm³/mol. The molecule has 0 aliphatic heterocycles. The van der Waals surface area contributed by atoms with E-state index in [1.165, 1.54) is 10.0 Å². The Hall–Kier alpha value is -0.560. The second-order valence-electron chi connectivity index (χ2n) is 2.77. The molecule has 0 aliphatic rings. The van der Waals surface area contributed by atoms with E-state index in [4.69, 9.17) is 0 Å². The van der Waals surface area contributed by atoms with Gasteiger partial charge >= 0.3 is 0 Å². The number of hydrogen-bond donors (Lipinski definition) is 0. The summed E-state index contributed by atoms with van der Waals surface area (Å²) < 4.78 is 1.18. The molecule has 1 atom stereocenters. The van der Waals surface area contributed by atoms with Crippen LogP contribution in [0.2, 0.25) is 0 Å². The first kappa shape index (κ1) is 9.53. The normalized spacial score (nSPS) is 12.5. The SMILES string of the molecule is C=C[C@H](CC)c1ccccc1Br. The van der Waals surface area contributed by atoms with E-state index in [0.29, 0.717) is 5.92 Å². The Morgan fingerprint density at radius 2 is 2.17 bits per heavy atom. The number of hydrogen-bond acceptors (Lipinski definition) is 0. The lowest BCUT2D eigenvalue weighted by Crippen LogP contribution is -1.93. The van der Waals surface area contributed by atoms with Gasteiger partial charge in [0, 0.05) is 10.4 Å². The van der Waals surface area contributed by atoms with Crippen molar-refractivity contribution in [3.63, 3.8) is 0 Å². The molecule has 1 heteroatoms. The molecule has 0 saturated heterocycles. The zero-order valence-electron chi connectivity index (χ0n) is 7.26. The lowest BCUT2D eigenvalue weighted by Gasteiger charge is -2.11.